The summed E-state index contributed by atoms with van der Waals surface area (Å²) in [6.45, 7) is 0. The van der Waals surface area contributed by atoms with Gasteiger partial charge < -0.3 is 10.1 Å². The van der Waals surface area contributed by atoms with Gasteiger partial charge in [0.25, 0.3) is 5.91 Å². The number of carbonyl (C=O) groups is 1. The van der Waals surface area contributed by atoms with Crippen molar-refractivity contribution >= 4 is 11.6 Å². The number of hydrogen-bond acceptors (Lipinski definition) is 3. The molecular formula is C16H12N2O2. The third-order valence-electron chi connectivity index (χ3n) is 3.14. The fourth-order valence-corrected chi connectivity index (χ4v) is 2.09. The van der Waals surface area contributed by atoms with Crippen LogP contribution in [0.15, 0.2) is 54.6 Å². The molecule has 1 heterocycles. The largest absolute Gasteiger partial charge is 0.354 e. The Hall–Kier alpha value is -2.64. The molecule has 0 aromatic heterocycles. The van der Waals surface area contributed by atoms with E-state index in [0.717, 1.165) is 11.3 Å². The molecule has 0 bridgehead atoms. The smallest absolute Gasteiger partial charge is 0.256 e. The van der Waals surface area contributed by atoms with Crippen LogP contribution >= 0.6 is 0 Å². The maximum absolute atomic E-state index is 12.0. The number of carbonyl (C=O) groups excluding carboxylic acids is 1. The first-order chi connectivity index (χ1) is 9.78. The number of anilines is 1. The van der Waals surface area contributed by atoms with Crippen LogP contribution in [-0.4, -0.2) is 12.0 Å². The van der Waals surface area contributed by atoms with Crippen molar-refractivity contribution < 1.29 is 9.53 Å². The molecule has 4 nitrogen and oxygen atoms in total. The number of para-hydroxylation sites is 1. The minimum atomic E-state index is -0.482. The third kappa shape index (κ3) is 2.53. The summed E-state index contributed by atoms with van der Waals surface area (Å²) in [6, 6.07) is 18.5. The van der Waals surface area contributed by atoms with E-state index >= 15 is 0 Å². The van der Waals surface area contributed by atoms with Crippen molar-refractivity contribution in [3.63, 3.8) is 0 Å². The van der Waals surface area contributed by atoms with Gasteiger partial charge in [0.15, 0.2) is 6.10 Å². The second kappa shape index (κ2) is 5.16. The molecule has 0 spiro atoms. The molecule has 1 fully saturated rings. The zero-order chi connectivity index (χ0) is 13.9. The number of nitrogens with one attached hydrogen (secondary N) is 1. The van der Waals surface area contributed by atoms with Crippen LogP contribution in [0.2, 0.25) is 0 Å². The Morgan fingerprint density at radius 1 is 1.15 bits per heavy atom. The topological polar surface area (TPSA) is 65.4 Å². The van der Waals surface area contributed by atoms with Gasteiger partial charge in [-0.1, -0.05) is 30.3 Å². The maximum atomic E-state index is 12.0. The number of benzene rings is 2. The molecule has 0 radical (unpaired) electrons. The standard InChI is InChI=1S/C16H12N2O2/c17-10-11-5-4-6-12(9-11)14-15(20-14)16(19)18-13-7-2-1-3-8-13/h1-9,14-15H,(H,18,19)/t14-,15+/m0/s1. The number of ether oxygens (including phenoxy) is 1. The highest BCUT2D eigenvalue weighted by molar-refractivity contribution is 5.96. The zero-order valence-electron chi connectivity index (χ0n) is 10.6. The van der Waals surface area contributed by atoms with Crippen LogP contribution < -0.4 is 5.32 Å². The molecule has 1 N–H and O–H groups in total. The number of nitriles is 1. The fraction of sp³-hybridized carbons (Fsp3) is 0.125. The molecule has 2 atom stereocenters. The second-order valence-electron chi connectivity index (χ2n) is 4.57. The van der Waals surface area contributed by atoms with Crippen molar-refractivity contribution in [3.05, 3.63) is 65.7 Å². The Kier molecular flexibility index (Phi) is 3.20. The van der Waals surface area contributed by atoms with E-state index in [4.69, 9.17) is 10.00 Å². The van der Waals surface area contributed by atoms with Crippen molar-refractivity contribution in [1.82, 2.24) is 0 Å². The van der Waals surface area contributed by atoms with Crippen LogP contribution in [0.3, 0.4) is 0 Å². The summed E-state index contributed by atoms with van der Waals surface area (Å²) in [6.07, 6.45) is -0.740. The molecule has 98 valence electrons. The van der Waals surface area contributed by atoms with E-state index in [1.54, 1.807) is 18.2 Å². The van der Waals surface area contributed by atoms with Crippen LogP contribution in [-0.2, 0) is 9.53 Å². The van der Waals surface area contributed by atoms with E-state index in [1.807, 2.05) is 36.4 Å². The lowest BCUT2D eigenvalue weighted by Crippen LogP contribution is -2.18. The highest BCUT2D eigenvalue weighted by Gasteiger charge is 2.46. The zero-order valence-corrected chi connectivity index (χ0v) is 10.6. The molecule has 3 rings (SSSR count). The summed E-state index contributed by atoms with van der Waals surface area (Å²) in [4.78, 5) is 12.0. The summed E-state index contributed by atoms with van der Waals surface area (Å²) in [5.41, 5.74) is 2.18. The molecule has 1 aliphatic rings. The van der Waals surface area contributed by atoms with Crippen LogP contribution in [0.4, 0.5) is 5.69 Å². The first kappa shape index (κ1) is 12.4. The summed E-state index contributed by atoms with van der Waals surface area (Å²) in [5, 5.41) is 11.7. The Bertz CT molecular complexity index is 676. The number of rotatable bonds is 3. The monoisotopic (exact) mass is 264 g/mol. The molecule has 0 unspecified atom stereocenters. The summed E-state index contributed by atoms with van der Waals surface area (Å²) in [5.74, 6) is -0.163. The summed E-state index contributed by atoms with van der Waals surface area (Å²) in [7, 11) is 0. The predicted octanol–water partition coefficient (Wildman–Crippen LogP) is 2.64. The highest BCUT2D eigenvalue weighted by Crippen LogP contribution is 2.39. The van der Waals surface area contributed by atoms with Gasteiger partial charge in [0.2, 0.25) is 0 Å². The maximum Gasteiger partial charge on any atom is 0.256 e. The third-order valence-corrected chi connectivity index (χ3v) is 3.14. The highest BCUT2D eigenvalue weighted by atomic mass is 16.6. The lowest BCUT2D eigenvalue weighted by atomic mass is 10.1. The second-order valence-corrected chi connectivity index (χ2v) is 4.57. The Balaban J connectivity index is 1.67. The predicted molar refractivity (Wildman–Crippen MR) is 73.8 cm³/mol. The number of hydrogen-bond donors (Lipinski definition) is 1. The lowest BCUT2D eigenvalue weighted by Gasteiger charge is -2.02. The van der Waals surface area contributed by atoms with Crippen molar-refractivity contribution in [3.8, 4) is 6.07 Å². The van der Waals surface area contributed by atoms with E-state index < -0.39 is 6.10 Å². The van der Waals surface area contributed by atoms with Gasteiger partial charge in [-0.25, -0.2) is 0 Å². The van der Waals surface area contributed by atoms with Gasteiger partial charge in [0, 0.05) is 5.69 Å². The molecular weight excluding hydrogens is 252 g/mol. The van der Waals surface area contributed by atoms with Crippen molar-refractivity contribution in [2.45, 2.75) is 12.2 Å². The quantitative estimate of drug-likeness (QED) is 0.867. The normalized spacial score (nSPS) is 19.9. The Morgan fingerprint density at radius 3 is 2.70 bits per heavy atom. The van der Waals surface area contributed by atoms with E-state index in [2.05, 4.69) is 11.4 Å². The van der Waals surface area contributed by atoms with Gasteiger partial charge in [-0.2, -0.15) is 5.26 Å². The fourth-order valence-electron chi connectivity index (χ4n) is 2.09. The average Bonchev–Trinajstić information content (AvgIpc) is 3.29. The van der Waals surface area contributed by atoms with Crippen molar-refractivity contribution in [2.75, 3.05) is 5.32 Å². The van der Waals surface area contributed by atoms with Gasteiger partial charge in [-0.05, 0) is 29.8 Å². The number of nitrogens with zero attached hydrogens (tertiary/aromatic N) is 1. The first-order valence-corrected chi connectivity index (χ1v) is 6.29. The minimum Gasteiger partial charge on any atom is -0.354 e. The van der Waals surface area contributed by atoms with Crippen LogP contribution in [0.1, 0.15) is 17.2 Å². The van der Waals surface area contributed by atoms with Crippen molar-refractivity contribution in [2.24, 2.45) is 0 Å². The Morgan fingerprint density at radius 2 is 1.95 bits per heavy atom. The van der Waals surface area contributed by atoms with Gasteiger partial charge in [0.1, 0.15) is 6.10 Å². The summed E-state index contributed by atoms with van der Waals surface area (Å²) < 4.78 is 5.42. The van der Waals surface area contributed by atoms with E-state index in [1.165, 1.54) is 0 Å². The van der Waals surface area contributed by atoms with Crippen LogP contribution in [0, 0.1) is 11.3 Å². The number of amides is 1. The molecule has 1 aliphatic heterocycles. The van der Waals surface area contributed by atoms with E-state index in [0.29, 0.717) is 5.56 Å². The molecule has 20 heavy (non-hydrogen) atoms. The average molecular weight is 264 g/mol. The van der Waals surface area contributed by atoms with Gasteiger partial charge in [-0.15, -0.1) is 0 Å². The SMILES string of the molecule is N#Cc1cccc([C@@H]2O[C@H]2C(=O)Nc2ccccc2)c1. The molecule has 1 amide bonds. The molecule has 0 saturated carbocycles. The van der Waals surface area contributed by atoms with Crippen LogP contribution in [0.25, 0.3) is 0 Å². The van der Waals surface area contributed by atoms with Gasteiger partial charge in [-0.3, -0.25) is 4.79 Å². The Labute approximate surface area is 116 Å². The van der Waals surface area contributed by atoms with E-state index in [-0.39, 0.29) is 12.0 Å². The summed E-state index contributed by atoms with van der Waals surface area (Å²) >= 11 is 0. The minimum absolute atomic E-state index is 0.163. The van der Waals surface area contributed by atoms with Crippen molar-refractivity contribution in [1.29, 1.82) is 5.26 Å². The molecule has 1 saturated heterocycles. The molecule has 2 aromatic carbocycles. The lowest BCUT2D eigenvalue weighted by molar-refractivity contribution is -0.117. The molecule has 2 aromatic rings. The van der Waals surface area contributed by atoms with Gasteiger partial charge in [0.05, 0.1) is 11.6 Å². The van der Waals surface area contributed by atoms with E-state index in [9.17, 15) is 4.79 Å². The molecule has 0 aliphatic carbocycles. The molecule has 4 heteroatoms. The first-order valence-electron chi connectivity index (χ1n) is 6.29. The number of epoxide rings is 1. The van der Waals surface area contributed by atoms with Crippen LogP contribution in [0.5, 0.6) is 0 Å². The van der Waals surface area contributed by atoms with Gasteiger partial charge >= 0.3 is 0 Å².